The molecule has 2 aromatic heterocycles. The summed E-state index contributed by atoms with van der Waals surface area (Å²) in [5, 5.41) is 11.6. The lowest BCUT2D eigenvalue weighted by Crippen LogP contribution is -2.47. The second kappa shape index (κ2) is 10.1. The zero-order valence-electron chi connectivity index (χ0n) is 19.8. The molecule has 4 aromatic rings. The van der Waals surface area contributed by atoms with Gasteiger partial charge in [0.15, 0.2) is 0 Å². The summed E-state index contributed by atoms with van der Waals surface area (Å²) < 4.78 is 7.17. The summed E-state index contributed by atoms with van der Waals surface area (Å²) in [7, 11) is 0. The maximum absolute atomic E-state index is 13.9. The van der Waals surface area contributed by atoms with E-state index in [4.69, 9.17) is 4.42 Å². The van der Waals surface area contributed by atoms with Gasteiger partial charge in [0.1, 0.15) is 23.9 Å². The van der Waals surface area contributed by atoms with Crippen molar-refractivity contribution in [3.05, 3.63) is 83.8 Å². The first-order chi connectivity index (χ1) is 17.1. The molecule has 8 heteroatoms. The van der Waals surface area contributed by atoms with Gasteiger partial charge in [-0.2, -0.15) is 0 Å². The number of aryl methyl sites for hydroxylation is 1. The van der Waals surface area contributed by atoms with Crippen molar-refractivity contribution in [2.24, 2.45) is 0 Å². The lowest BCUT2D eigenvalue weighted by atomic mass is 9.98. The number of rotatable bonds is 8. The van der Waals surface area contributed by atoms with Gasteiger partial charge in [-0.1, -0.05) is 54.5 Å². The molecule has 8 nitrogen and oxygen atoms in total. The SMILES string of the molecule is Cc1ccccc1[C@@H](C(=O)NC1CCCC1)N(Cc1ccco1)C(=O)Cn1nnc2ccccc21. The van der Waals surface area contributed by atoms with Crippen molar-refractivity contribution in [2.45, 2.75) is 57.8 Å². The Morgan fingerprint density at radius 1 is 1.09 bits per heavy atom. The number of benzene rings is 2. The molecule has 1 aliphatic rings. The highest BCUT2D eigenvalue weighted by atomic mass is 16.3. The molecule has 0 unspecified atom stereocenters. The lowest BCUT2D eigenvalue weighted by molar-refractivity contribution is -0.142. The first kappa shape index (κ1) is 22.8. The molecule has 1 atom stereocenters. The molecule has 2 amide bonds. The van der Waals surface area contributed by atoms with Gasteiger partial charge in [-0.25, -0.2) is 4.68 Å². The van der Waals surface area contributed by atoms with Crippen LogP contribution in [0.2, 0.25) is 0 Å². The Labute approximate surface area is 203 Å². The summed E-state index contributed by atoms with van der Waals surface area (Å²) in [6.07, 6.45) is 5.71. The molecule has 0 saturated heterocycles. The number of carbonyl (C=O) groups excluding carboxylic acids is 2. The average Bonchev–Trinajstić information content (AvgIpc) is 3.63. The zero-order valence-corrected chi connectivity index (χ0v) is 19.8. The number of nitrogens with zero attached hydrogens (tertiary/aromatic N) is 4. The van der Waals surface area contributed by atoms with Crippen LogP contribution < -0.4 is 5.32 Å². The molecule has 1 N–H and O–H groups in total. The van der Waals surface area contributed by atoms with Crippen LogP contribution in [0, 0.1) is 6.92 Å². The van der Waals surface area contributed by atoms with Crippen LogP contribution in [-0.4, -0.2) is 37.7 Å². The lowest BCUT2D eigenvalue weighted by Gasteiger charge is -2.32. The van der Waals surface area contributed by atoms with Gasteiger partial charge in [0.25, 0.3) is 0 Å². The van der Waals surface area contributed by atoms with E-state index in [9.17, 15) is 9.59 Å². The van der Waals surface area contributed by atoms with Crippen LogP contribution >= 0.6 is 0 Å². The van der Waals surface area contributed by atoms with E-state index in [-0.39, 0.29) is 30.9 Å². The molecular weight excluding hydrogens is 442 g/mol. The van der Waals surface area contributed by atoms with Crippen molar-refractivity contribution in [2.75, 3.05) is 0 Å². The number of fused-ring (bicyclic) bond motifs is 1. The number of carbonyl (C=O) groups is 2. The third kappa shape index (κ3) is 4.96. The Morgan fingerprint density at radius 2 is 1.86 bits per heavy atom. The van der Waals surface area contributed by atoms with Crippen molar-refractivity contribution < 1.29 is 14.0 Å². The second-order valence-electron chi connectivity index (χ2n) is 9.09. The van der Waals surface area contributed by atoms with E-state index < -0.39 is 6.04 Å². The molecule has 1 saturated carbocycles. The van der Waals surface area contributed by atoms with Crippen LogP contribution in [0.5, 0.6) is 0 Å². The molecule has 35 heavy (non-hydrogen) atoms. The third-order valence-electron chi connectivity index (χ3n) is 6.68. The molecule has 1 fully saturated rings. The van der Waals surface area contributed by atoms with Crippen molar-refractivity contribution in [3.8, 4) is 0 Å². The quantitative estimate of drug-likeness (QED) is 0.417. The summed E-state index contributed by atoms with van der Waals surface area (Å²) in [5.41, 5.74) is 3.22. The number of hydrogen-bond donors (Lipinski definition) is 1. The Balaban J connectivity index is 1.52. The largest absolute Gasteiger partial charge is 0.467 e. The predicted octanol–water partition coefficient (Wildman–Crippen LogP) is 4.16. The topological polar surface area (TPSA) is 93.3 Å². The first-order valence-corrected chi connectivity index (χ1v) is 12.1. The fourth-order valence-electron chi connectivity index (χ4n) is 4.84. The molecule has 0 bridgehead atoms. The fraction of sp³-hybridized carbons (Fsp3) is 0.333. The van der Waals surface area contributed by atoms with E-state index in [1.165, 1.54) is 0 Å². The Morgan fingerprint density at radius 3 is 2.63 bits per heavy atom. The van der Waals surface area contributed by atoms with Crippen LogP contribution in [0.25, 0.3) is 11.0 Å². The minimum absolute atomic E-state index is 0.0414. The van der Waals surface area contributed by atoms with Gasteiger partial charge in [0, 0.05) is 6.04 Å². The molecule has 0 radical (unpaired) electrons. The highest BCUT2D eigenvalue weighted by molar-refractivity contribution is 5.89. The molecule has 1 aliphatic carbocycles. The van der Waals surface area contributed by atoms with Crippen molar-refractivity contribution in [3.63, 3.8) is 0 Å². The Kier molecular flexibility index (Phi) is 6.61. The molecule has 2 heterocycles. The second-order valence-corrected chi connectivity index (χ2v) is 9.09. The van der Waals surface area contributed by atoms with Crippen LogP contribution in [0.1, 0.15) is 48.6 Å². The maximum atomic E-state index is 13.9. The normalized spacial score (nSPS) is 14.8. The summed E-state index contributed by atoms with van der Waals surface area (Å²) in [6, 6.07) is 18.2. The van der Waals surface area contributed by atoms with Gasteiger partial charge < -0.3 is 14.6 Å². The van der Waals surface area contributed by atoms with E-state index in [2.05, 4.69) is 15.6 Å². The monoisotopic (exact) mass is 471 g/mol. The number of para-hydroxylation sites is 1. The van der Waals surface area contributed by atoms with Gasteiger partial charge in [0.2, 0.25) is 11.8 Å². The van der Waals surface area contributed by atoms with E-state index in [1.807, 2.05) is 61.5 Å². The van der Waals surface area contributed by atoms with E-state index in [1.54, 1.807) is 21.9 Å². The van der Waals surface area contributed by atoms with Crippen LogP contribution in [0.4, 0.5) is 0 Å². The van der Waals surface area contributed by atoms with Crippen molar-refractivity contribution >= 4 is 22.8 Å². The molecule has 180 valence electrons. The van der Waals surface area contributed by atoms with E-state index in [0.29, 0.717) is 11.3 Å². The summed E-state index contributed by atoms with van der Waals surface area (Å²) in [5.74, 6) is 0.190. The average molecular weight is 472 g/mol. The molecular formula is C27H29N5O3. The zero-order chi connectivity index (χ0) is 24.2. The number of aromatic nitrogens is 3. The Hall–Kier alpha value is -3.94. The molecule has 0 aliphatic heterocycles. The van der Waals surface area contributed by atoms with Gasteiger partial charge >= 0.3 is 0 Å². The van der Waals surface area contributed by atoms with E-state index >= 15 is 0 Å². The highest BCUT2D eigenvalue weighted by Gasteiger charge is 2.34. The number of amides is 2. The van der Waals surface area contributed by atoms with Crippen molar-refractivity contribution in [1.29, 1.82) is 0 Å². The highest BCUT2D eigenvalue weighted by Crippen LogP contribution is 2.28. The molecule has 0 spiro atoms. The summed E-state index contributed by atoms with van der Waals surface area (Å²) in [6.45, 7) is 2.08. The first-order valence-electron chi connectivity index (χ1n) is 12.1. The minimum Gasteiger partial charge on any atom is -0.467 e. The van der Waals surface area contributed by atoms with Gasteiger partial charge in [0.05, 0.1) is 18.3 Å². The van der Waals surface area contributed by atoms with Gasteiger partial charge in [-0.05, 0) is 55.2 Å². The van der Waals surface area contributed by atoms with Crippen molar-refractivity contribution in [1.82, 2.24) is 25.2 Å². The summed E-state index contributed by atoms with van der Waals surface area (Å²) in [4.78, 5) is 29.2. The third-order valence-corrected chi connectivity index (χ3v) is 6.68. The maximum Gasteiger partial charge on any atom is 0.247 e. The van der Waals surface area contributed by atoms with Gasteiger partial charge in [-0.3, -0.25) is 9.59 Å². The number of hydrogen-bond acceptors (Lipinski definition) is 5. The van der Waals surface area contributed by atoms with Crippen LogP contribution in [-0.2, 0) is 22.7 Å². The summed E-state index contributed by atoms with van der Waals surface area (Å²) >= 11 is 0. The van der Waals surface area contributed by atoms with Crippen LogP contribution in [0.3, 0.4) is 0 Å². The fourth-order valence-corrected chi connectivity index (χ4v) is 4.84. The predicted molar refractivity (Wildman–Crippen MR) is 131 cm³/mol. The minimum atomic E-state index is -0.802. The van der Waals surface area contributed by atoms with Crippen LogP contribution in [0.15, 0.2) is 71.3 Å². The van der Waals surface area contributed by atoms with E-state index in [0.717, 1.165) is 42.3 Å². The number of nitrogens with one attached hydrogen (secondary N) is 1. The molecule has 5 rings (SSSR count). The smallest absolute Gasteiger partial charge is 0.247 e. The van der Waals surface area contributed by atoms with Gasteiger partial charge in [-0.15, -0.1) is 5.10 Å². The standard InChI is InChI=1S/C27H29N5O3/c1-19-9-2-5-13-22(19)26(27(34)28-20-10-3-4-11-20)31(17-21-12-8-16-35-21)25(33)18-32-24-15-7-6-14-23(24)29-30-32/h2,5-9,12-16,20,26H,3-4,10-11,17-18H2,1H3,(H,28,34)/t26-/m0/s1. The number of furan rings is 1. The molecule has 2 aromatic carbocycles. The Bertz CT molecular complexity index is 1310.